The Morgan fingerprint density at radius 1 is 1.25 bits per heavy atom. The van der Waals surface area contributed by atoms with Crippen LogP contribution in [0.2, 0.25) is 0 Å². The van der Waals surface area contributed by atoms with E-state index >= 15 is 0 Å². The molecule has 0 radical (unpaired) electrons. The van der Waals surface area contributed by atoms with Gasteiger partial charge in [-0.2, -0.15) is 5.10 Å². The van der Waals surface area contributed by atoms with Gasteiger partial charge in [0.25, 0.3) is 0 Å². The van der Waals surface area contributed by atoms with Crippen LogP contribution in [0.1, 0.15) is 53.0 Å². The van der Waals surface area contributed by atoms with Crippen LogP contribution >= 0.6 is 11.3 Å². The molecule has 2 aromatic rings. The summed E-state index contributed by atoms with van der Waals surface area (Å²) in [6, 6.07) is 0. The van der Waals surface area contributed by atoms with Crippen molar-refractivity contribution in [1.82, 2.24) is 24.6 Å². The van der Waals surface area contributed by atoms with Gasteiger partial charge < -0.3 is 0 Å². The van der Waals surface area contributed by atoms with Gasteiger partial charge in [-0.25, -0.2) is 19.0 Å². The summed E-state index contributed by atoms with van der Waals surface area (Å²) in [6.07, 6.45) is 8.92. The topological polar surface area (TPSA) is 46.8 Å². The number of fused-ring (bicyclic) bond motifs is 1. The van der Waals surface area contributed by atoms with Crippen molar-refractivity contribution < 1.29 is 4.39 Å². The van der Waals surface area contributed by atoms with Gasteiger partial charge in [0.1, 0.15) is 18.8 Å². The molecule has 0 N–H and O–H groups in total. The Balaban J connectivity index is 1.43. The number of thiazole rings is 1. The Bertz CT molecular complexity index is 659. The zero-order valence-electron chi connectivity index (χ0n) is 14.0. The summed E-state index contributed by atoms with van der Waals surface area (Å²) in [7, 11) is 0. The van der Waals surface area contributed by atoms with Crippen molar-refractivity contribution in [2.45, 2.75) is 57.5 Å². The van der Waals surface area contributed by atoms with Crippen molar-refractivity contribution >= 4 is 11.3 Å². The van der Waals surface area contributed by atoms with E-state index in [1.807, 2.05) is 11.3 Å². The van der Waals surface area contributed by atoms with E-state index in [-0.39, 0.29) is 0 Å². The molecule has 4 rings (SSSR count). The smallest absolute Gasteiger partial charge is 0.141 e. The normalized spacial score (nSPS) is 21.8. The Hall–Kier alpha value is -1.34. The van der Waals surface area contributed by atoms with E-state index in [0.29, 0.717) is 12.5 Å². The molecule has 1 unspecified atom stereocenters. The lowest BCUT2D eigenvalue weighted by molar-refractivity contribution is 0.191. The molecule has 24 heavy (non-hydrogen) atoms. The molecule has 0 bridgehead atoms. The highest BCUT2D eigenvalue weighted by Gasteiger charge is 2.26. The van der Waals surface area contributed by atoms with E-state index in [2.05, 4.69) is 15.0 Å². The highest BCUT2D eigenvalue weighted by Crippen LogP contribution is 2.34. The van der Waals surface area contributed by atoms with Crippen molar-refractivity contribution in [2.75, 3.05) is 19.8 Å². The molecular formula is C17H24FN5S. The molecule has 1 aliphatic carbocycles. The Kier molecular flexibility index (Phi) is 4.89. The number of aryl methyl sites for hydroxylation is 3. The molecule has 1 fully saturated rings. The third-order valence-electron chi connectivity index (χ3n) is 5.07. The average Bonchev–Trinajstić information content (AvgIpc) is 3.22. The first kappa shape index (κ1) is 16.1. The van der Waals surface area contributed by atoms with Gasteiger partial charge in [0, 0.05) is 17.3 Å². The van der Waals surface area contributed by atoms with E-state index in [0.717, 1.165) is 31.9 Å². The van der Waals surface area contributed by atoms with Crippen LogP contribution in [0.15, 0.2) is 6.33 Å². The van der Waals surface area contributed by atoms with E-state index in [1.54, 1.807) is 4.68 Å². The van der Waals surface area contributed by atoms with Gasteiger partial charge in [-0.15, -0.1) is 11.3 Å². The number of halogens is 1. The van der Waals surface area contributed by atoms with Crippen LogP contribution in [-0.4, -0.2) is 44.4 Å². The quantitative estimate of drug-likeness (QED) is 0.833. The highest BCUT2D eigenvalue weighted by molar-refractivity contribution is 7.11. The van der Waals surface area contributed by atoms with E-state index in [1.165, 1.54) is 54.0 Å². The third kappa shape index (κ3) is 3.37. The Morgan fingerprint density at radius 3 is 3.04 bits per heavy atom. The van der Waals surface area contributed by atoms with Gasteiger partial charge in [-0.05, 0) is 45.1 Å². The number of alkyl halides is 1. The summed E-state index contributed by atoms with van der Waals surface area (Å²) in [4.78, 5) is 13.2. The predicted octanol–water partition coefficient (Wildman–Crippen LogP) is 2.96. The van der Waals surface area contributed by atoms with Crippen LogP contribution < -0.4 is 0 Å². The molecule has 1 saturated heterocycles. The van der Waals surface area contributed by atoms with Crippen molar-refractivity contribution in [1.29, 1.82) is 0 Å². The predicted molar refractivity (Wildman–Crippen MR) is 92.0 cm³/mol. The van der Waals surface area contributed by atoms with Crippen LogP contribution in [0.25, 0.3) is 0 Å². The molecule has 1 aliphatic heterocycles. The molecule has 0 aromatic carbocycles. The fraction of sp³-hybridized carbons (Fsp3) is 0.706. The lowest BCUT2D eigenvalue weighted by Gasteiger charge is -2.31. The maximum atomic E-state index is 12.6. The summed E-state index contributed by atoms with van der Waals surface area (Å²) >= 11 is 1.94. The highest BCUT2D eigenvalue weighted by atomic mass is 32.1. The molecule has 3 heterocycles. The van der Waals surface area contributed by atoms with Crippen LogP contribution in [0.3, 0.4) is 0 Å². The molecule has 5 nitrogen and oxygen atoms in total. The number of piperidine rings is 1. The van der Waals surface area contributed by atoms with E-state index in [4.69, 9.17) is 4.98 Å². The number of nitrogens with zero attached hydrogens (tertiary/aromatic N) is 5. The lowest BCUT2D eigenvalue weighted by Crippen LogP contribution is -2.34. The molecule has 2 aromatic heterocycles. The summed E-state index contributed by atoms with van der Waals surface area (Å²) < 4.78 is 14.3. The molecule has 7 heteroatoms. The first-order chi connectivity index (χ1) is 11.8. The molecule has 2 aliphatic rings. The fourth-order valence-corrected chi connectivity index (χ4v) is 5.10. The van der Waals surface area contributed by atoms with Crippen molar-refractivity contribution in [3.63, 3.8) is 0 Å². The van der Waals surface area contributed by atoms with Crippen LogP contribution in [0.5, 0.6) is 0 Å². The first-order valence-electron chi connectivity index (χ1n) is 8.97. The van der Waals surface area contributed by atoms with Gasteiger partial charge >= 0.3 is 0 Å². The fourth-order valence-electron chi connectivity index (χ4n) is 3.82. The minimum Gasteiger partial charge on any atom is -0.295 e. The number of hydrogen-bond donors (Lipinski definition) is 0. The van der Waals surface area contributed by atoms with Crippen molar-refractivity contribution in [2.24, 2.45) is 0 Å². The zero-order chi connectivity index (χ0) is 16.4. The summed E-state index contributed by atoms with van der Waals surface area (Å²) in [5.74, 6) is 1.40. The lowest BCUT2D eigenvalue weighted by atomic mass is 9.98. The minimum atomic E-state index is -0.399. The second kappa shape index (κ2) is 7.27. The SMILES string of the molecule is FCCn1ncnc1CN1CCCC(c2nc3c(s2)CCCC3)C1. The van der Waals surface area contributed by atoms with Crippen LogP contribution in [0, 0.1) is 0 Å². The van der Waals surface area contributed by atoms with Gasteiger partial charge in [0.15, 0.2) is 0 Å². The standard InChI is InChI=1S/C17H24FN5S/c18-7-9-23-16(19-12-20-23)11-22-8-3-4-13(10-22)17-21-14-5-1-2-6-15(14)24-17/h12-13H,1-11H2. The molecular weight excluding hydrogens is 325 g/mol. The monoisotopic (exact) mass is 349 g/mol. The molecule has 1 atom stereocenters. The number of hydrogen-bond acceptors (Lipinski definition) is 5. The molecule has 0 amide bonds. The second-order valence-corrected chi connectivity index (χ2v) is 7.91. The number of rotatable bonds is 5. The third-order valence-corrected chi connectivity index (χ3v) is 6.39. The summed E-state index contributed by atoms with van der Waals surface area (Å²) in [5.41, 5.74) is 1.36. The van der Waals surface area contributed by atoms with Gasteiger partial charge in [-0.1, -0.05) is 0 Å². The Labute approximate surface area is 145 Å². The van der Waals surface area contributed by atoms with Gasteiger partial charge in [0.05, 0.1) is 23.8 Å². The zero-order valence-corrected chi connectivity index (χ0v) is 14.8. The average molecular weight is 349 g/mol. The van der Waals surface area contributed by atoms with Crippen LogP contribution in [0.4, 0.5) is 4.39 Å². The Morgan fingerprint density at radius 2 is 2.17 bits per heavy atom. The molecule has 130 valence electrons. The van der Waals surface area contributed by atoms with Gasteiger partial charge in [0.2, 0.25) is 0 Å². The minimum absolute atomic E-state index is 0.297. The second-order valence-electron chi connectivity index (χ2n) is 6.79. The van der Waals surface area contributed by atoms with Crippen LogP contribution in [-0.2, 0) is 25.9 Å². The van der Waals surface area contributed by atoms with Crippen molar-refractivity contribution in [3.05, 3.63) is 27.7 Å². The summed E-state index contributed by atoms with van der Waals surface area (Å²) in [5, 5.41) is 5.45. The molecule has 0 saturated carbocycles. The van der Waals surface area contributed by atoms with E-state index in [9.17, 15) is 4.39 Å². The number of likely N-dealkylation sites (tertiary alicyclic amines) is 1. The maximum Gasteiger partial charge on any atom is 0.141 e. The van der Waals surface area contributed by atoms with Crippen molar-refractivity contribution in [3.8, 4) is 0 Å². The molecule has 0 spiro atoms. The maximum absolute atomic E-state index is 12.6. The van der Waals surface area contributed by atoms with Gasteiger partial charge in [-0.3, -0.25) is 4.90 Å². The largest absolute Gasteiger partial charge is 0.295 e. The number of aromatic nitrogens is 4. The summed E-state index contributed by atoms with van der Waals surface area (Å²) in [6.45, 7) is 2.75. The first-order valence-corrected chi connectivity index (χ1v) is 9.78. The van der Waals surface area contributed by atoms with E-state index < -0.39 is 6.67 Å².